The molecule has 0 aromatic carbocycles. The third-order valence-electron chi connectivity index (χ3n) is 2.84. The number of halogens is 1. The number of nitrogens with zero attached hydrogens (tertiary/aromatic N) is 4. The smallest absolute Gasteiger partial charge is 0.273 e. The Balaban J connectivity index is 2.00. The van der Waals surface area contributed by atoms with E-state index in [1.165, 1.54) is 12.4 Å². The Kier molecular flexibility index (Phi) is 3.34. The molecule has 0 bridgehead atoms. The fourth-order valence-corrected chi connectivity index (χ4v) is 4.26. The second-order valence-corrected chi connectivity index (χ2v) is 7.86. The van der Waals surface area contributed by atoms with Crippen molar-refractivity contribution in [1.82, 2.24) is 19.7 Å². The van der Waals surface area contributed by atoms with Crippen LogP contribution in [0.15, 0.2) is 22.7 Å². The Bertz CT molecular complexity index is 931. The summed E-state index contributed by atoms with van der Waals surface area (Å²) in [6.07, 6.45) is 2.67. The van der Waals surface area contributed by atoms with Crippen molar-refractivity contribution in [3.05, 3.63) is 28.6 Å². The summed E-state index contributed by atoms with van der Waals surface area (Å²) >= 11 is 6.55. The Morgan fingerprint density at radius 3 is 2.76 bits per heavy atom. The van der Waals surface area contributed by atoms with E-state index in [1.54, 1.807) is 17.8 Å². The second-order valence-electron chi connectivity index (χ2n) is 4.34. The van der Waals surface area contributed by atoms with Gasteiger partial charge >= 0.3 is 0 Å². The Morgan fingerprint density at radius 1 is 1.33 bits per heavy atom. The van der Waals surface area contributed by atoms with Crippen molar-refractivity contribution in [2.24, 2.45) is 7.05 Å². The van der Waals surface area contributed by atoms with Crippen molar-refractivity contribution in [3.8, 4) is 0 Å². The van der Waals surface area contributed by atoms with Crippen LogP contribution < -0.4 is 4.72 Å². The lowest BCUT2D eigenvalue weighted by atomic mass is 10.3. The molecule has 3 heterocycles. The highest BCUT2D eigenvalue weighted by Crippen LogP contribution is 2.26. The van der Waals surface area contributed by atoms with Gasteiger partial charge in [0.05, 0.1) is 23.8 Å². The van der Waals surface area contributed by atoms with Gasteiger partial charge in [-0.25, -0.2) is 18.4 Å². The maximum absolute atomic E-state index is 12.2. The van der Waals surface area contributed by atoms with Crippen LogP contribution in [0.2, 0.25) is 4.47 Å². The maximum Gasteiger partial charge on any atom is 0.273 e. The molecule has 110 valence electrons. The normalized spacial score (nSPS) is 12.0. The molecule has 3 rings (SSSR count). The van der Waals surface area contributed by atoms with Crippen molar-refractivity contribution in [2.75, 3.05) is 4.72 Å². The van der Waals surface area contributed by atoms with Crippen LogP contribution in [0.25, 0.3) is 11.0 Å². The summed E-state index contributed by atoms with van der Waals surface area (Å²) in [5.41, 5.74) is 1.83. The molecule has 0 amide bonds. The first-order chi connectivity index (χ1) is 9.87. The molecule has 0 radical (unpaired) electrons. The predicted molar refractivity (Wildman–Crippen MR) is 81.2 cm³/mol. The number of pyridine rings is 1. The quantitative estimate of drug-likeness (QED) is 0.787. The monoisotopic (exact) mass is 343 g/mol. The summed E-state index contributed by atoms with van der Waals surface area (Å²) in [7, 11) is -1.93. The predicted octanol–water partition coefficient (Wildman–Crippen LogP) is 2.19. The van der Waals surface area contributed by atoms with Gasteiger partial charge in [-0.1, -0.05) is 22.9 Å². The summed E-state index contributed by atoms with van der Waals surface area (Å²) in [6.45, 7) is 1.84. The summed E-state index contributed by atoms with van der Waals surface area (Å²) < 4.78 is 28.7. The third-order valence-corrected chi connectivity index (χ3v) is 5.79. The standard InChI is InChI=1S/C11H10ClN5O2S2/c1-6-8-3-7(4-13-10(8)17(2)15-6)16-21(18,19)9-5-14-11(12)20-9/h3-5,16H,1-2H3. The molecule has 0 atom stereocenters. The van der Waals surface area contributed by atoms with E-state index >= 15 is 0 Å². The minimum Gasteiger partial charge on any atom is -0.277 e. The van der Waals surface area contributed by atoms with E-state index in [-0.39, 0.29) is 8.68 Å². The van der Waals surface area contributed by atoms with Gasteiger partial charge in [-0.15, -0.1) is 0 Å². The van der Waals surface area contributed by atoms with Crippen LogP contribution >= 0.6 is 22.9 Å². The number of anilines is 1. The number of sulfonamides is 1. The van der Waals surface area contributed by atoms with Crippen LogP contribution in [0, 0.1) is 6.92 Å². The molecule has 0 aliphatic carbocycles. The molecule has 10 heteroatoms. The van der Waals surface area contributed by atoms with E-state index in [1.807, 2.05) is 6.92 Å². The highest BCUT2D eigenvalue weighted by molar-refractivity contribution is 7.94. The zero-order chi connectivity index (χ0) is 15.2. The largest absolute Gasteiger partial charge is 0.277 e. The van der Waals surface area contributed by atoms with Crippen molar-refractivity contribution in [3.63, 3.8) is 0 Å². The second kappa shape index (κ2) is 4.93. The molecule has 0 saturated carbocycles. The van der Waals surface area contributed by atoms with Gasteiger partial charge in [0.1, 0.15) is 0 Å². The van der Waals surface area contributed by atoms with E-state index in [2.05, 4.69) is 19.8 Å². The highest BCUT2D eigenvalue weighted by Gasteiger charge is 2.18. The molecule has 3 aromatic rings. The minimum atomic E-state index is -3.71. The van der Waals surface area contributed by atoms with Crippen LogP contribution in [0.1, 0.15) is 5.69 Å². The first-order valence-electron chi connectivity index (χ1n) is 5.80. The van der Waals surface area contributed by atoms with E-state index < -0.39 is 10.0 Å². The van der Waals surface area contributed by atoms with Gasteiger partial charge in [-0.2, -0.15) is 5.10 Å². The van der Waals surface area contributed by atoms with Crippen LogP contribution in [0.5, 0.6) is 0 Å². The first kappa shape index (κ1) is 14.2. The topological polar surface area (TPSA) is 89.8 Å². The fourth-order valence-electron chi connectivity index (χ4n) is 1.93. The van der Waals surface area contributed by atoms with E-state index in [0.717, 1.165) is 22.4 Å². The number of fused-ring (bicyclic) bond motifs is 1. The van der Waals surface area contributed by atoms with Gasteiger partial charge in [0, 0.05) is 12.4 Å². The lowest BCUT2D eigenvalue weighted by molar-refractivity contribution is 0.603. The van der Waals surface area contributed by atoms with Crippen molar-refractivity contribution in [2.45, 2.75) is 11.1 Å². The van der Waals surface area contributed by atoms with Crippen molar-refractivity contribution in [1.29, 1.82) is 0 Å². The van der Waals surface area contributed by atoms with E-state index in [4.69, 9.17) is 11.6 Å². The molecule has 0 fully saturated rings. The lowest BCUT2D eigenvalue weighted by Gasteiger charge is -2.05. The summed E-state index contributed by atoms with van der Waals surface area (Å²) in [5, 5.41) is 5.03. The number of aryl methyl sites for hydroxylation is 2. The van der Waals surface area contributed by atoms with Crippen LogP contribution in [-0.4, -0.2) is 28.2 Å². The fraction of sp³-hybridized carbons (Fsp3) is 0.182. The number of thiazole rings is 1. The molecule has 0 unspecified atom stereocenters. The summed E-state index contributed by atoms with van der Waals surface area (Å²) in [6, 6.07) is 1.70. The summed E-state index contributed by atoms with van der Waals surface area (Å²) in [4.78, 5) is 7.95. The summed E-state index contributed by atoms with van der Waals surface area (Å²) in [5.74, 6) is 0. The van der Waals surface area contributed by atoms with Gasteiger partial charge < -0.3 is 0 Å². The molecule has 3 aromatic heterocycles. The molecule has 21 heavy (non-hydrogen) atoms. The molecule has 0 saturated heterocycles. The Labute approximate surface area is 129 Å². The van der Waals surface area contributed by atoms with Gasteiger partial charge in [-0.3, -0.25) is 9.40 Å². The molecule has 1 N–H and O–H groups in total. The zero-order valence-electron chi connectivity index (χ0n) is 11.0. The number of rotatable bonds is 3. The molecule has 0 aliphatic rings. The third kappa shape index (κ3) is 2.59. The van der Waals surface area contributed by atoms with Crippen LogP contribution in [0.3, 0.4) is 0 Å². The van der Waals surface area contributed by atoms with Gasteiger partial charge in [-0.05, 0) is 13.0 Å². The zero-order valence-corrected chi connectivity index (χ0v) is 13.4. The number of hydrogen-bond acceptors (Lipinski definition) is 6. The van der Waals surface area contributed by atoms with E-state index in [9.17, 15) is 8.42 Å². The molecule has 0 spiro atoms. The average molecular weight is 344 g/mol. The Morgan fingerprint density at radius 2 is 2.10 bits per heavy atom. The number of aromatic nitrogens is 4. The molecule has 0 aliphatic heterocycles. The first-order valence-corrected chi connectivity index (χ1v) is 8.48. The van der Waals surface area contributed by atoms with Crippen LogP contribution in [-0.2, 0) is 17.1 Å². The van der Waals surface area contributed by atoms with Gasteiger partial charge in [0.25, 0.3) is 10.0 Å². The Hall–Kier alpha value is -1.71. The maximum atomic E-state index is 12.2. The van der Waals surface area contributed by atoms with Crippen molar-refractivity contribution >= 4 is 49.7 Å². The molecule has 7 nitrogen and oxygen atoms in total. The van der Waals surface area contributed by atoms with Gasteiger partial charge in [0.2, 0.25) is 0 Å². The number of hydrogen-bond donors (Lipinski definition) is 1. The SMILES string of the molecule is Cc1nn(C)c2ncc(NS(=O)(=O)c3cnc(Cl)s3)cc12. The van der Waals surface area contributed by atoms with Gasteiger partial charge in [0.15, 0.2) is 14.3 Å². The number of nitrogens with one attached hydrogen (secondary N) is 1. The molecular formula is C11H10ClN5O2S2. The van der Waals surface area contributed by atoms with Crippen molar-refractivity contribution < 1.29 is 8.42 Å². The molecular weight excluding hydrogens is 334 g/mol. The van der Waals surface area contributed by atoms with E-state index in [0.29, 0.717) is 11.3 Å². The highest BCUT2D eigenvalue weighted by atomic mass is 35.5. The van der Waals surface area contributed by atoms with Crippen LogP contribution in [0.4, 0.5) is 5.69 Å². The average Bonchev–Trinajstić information content (AvgIpc) is 2.95. The minimum absolute atomic E-state index is 0.0514. The lowest BCUT2D eigenvalue weighted by Crippen LogP contribution is -2.11.